The predicted molar refractivity (Wildman–Crippen MR) is 81.7 cm³/mol. The van der Waals surface area contributed by atoms with Gasteiger partial charge in [-0.15, -0.1) is 0 Å². The van der Waals surface area contributed by atoms with E-state index >= 15 is 0 Å². The van der Waals surface area contributed by atoms with E-state index in [1.54, 1.807) is 17.5 Å². The Morgan fingerprint density at radius 2 is 2.16 bits per heavy atom. The first-order chi connectivity index (χ1) is 8.92. The molecule has 1 aromatic carbocycles. The highest BCUT2D eigenvalue weighted by atomic mass is 32.1. The molecule has 0 fully saturated rings. The normalized spacial score (nSPS) is 10.3. The van der Waals surface area contributed by atoms with Gasteiger partial charge < -0.3 is 9.88 Å². The molecule has 5 heteroatoms. The van der Waals surface area contributed by atoms with Gasteiger partial charge in [-0.3, -0.25) is 0 Å². The summed E-state index contributed by atoms with van der Waals surface area (Å²) in [5.41, 5.74) is 1.07. The molecule has 0 atom stereocenters. The number of thiazole rings is 1. The van der Waals surface area contributed by atoms with Crippen LogP contribution in [-0.4, -0.2) is 21.1 Å². The average molecular weight is 274 g/mol. The third-order valence-corrected chi connectivity index (χ3v) is 3.72. The van der Waals surface area contributed by atoms with E-state index < -0.39 is 0 Å². The molecule has 0 spiro atoms. The molecule has 1 N–H and O–H groups in total. The van der Waals surface area contributed by atoms with Crippen molar-refractivity contribution >= 4 is 26.7 Å². The number of nitrogens with one attached hydrogen (secondary N) is 1. The van der Waals surface area contributed by atoms with Gasteiger partial charge in [-0.2, -0.15) is 0 Å². The fourth-order valence-corrected chi connectivity index (χ4v) is 2.72. The van der Waals surface area contributed by atoms with E-state index in [0.717, 1.165) is 30.2 Å². The number of fused-ring (bicyclic) bond motifs is 1. The maximum Gasteiger partial charge on any atom is 0.183 e. The van der Waals surface area contributed by atoms with Crippen molar-refractivity contribution in [3.63, 3.8) is 0 Å². The van der Waals surface area contributed by atoms with Crippen molar-refractivity contribution in [2.45, 2.75) is 20.4 Å². The van der Waals surface area contributed by atoms with E-state index in [1.807, 2.05) is 30.7 Å². The van der Waals surface area contributed by atoms with Gasteiger partial charge in [0.05, 0.1) is 16.5 Å². The summed E-state index contributed by atoms with van der Waals surface area (Å²) in [5, 5.41) is 4.37. The Hall–Kier alpha value is -1.88. The lowest BCUT2D eigenvalue weighted by Crippen LogP contribution is -2.05. The van der Waals surface area contributed by atoms with Crippen molar-refractivity contribution < 1.29 is 0 Å². The lowest BCUT2D eigenvalue weighted by atomic mass is 10.3. The lowest BCUT2D eigenvalue weighted by molar-refractivity contribution is 0.660. The van der Waals surface area contributed by atoms with Gasteiger partial charge in [0.2, 0.25) is 0 Å². The van der Waals surface area contributed by atoms with Crippen LogP contribution in [0.25, 0.3) is 10.2 Å². The summed E-state index contributed by atoms with van der Waals surface area (Å²) in [6.45, 7) is 1.91. The summed E-state index contributed by atoms with van der Waals surface area (Å²) in [6.07, 6.45) is 6.70. The van der Waals surface area contributed by atoms with Crippen molar-refractivity contribution in [3.05, 3.63) is 43.0 Å². The lowest BCUT2D eigenvalue weighted by Gasteiger charge is -2.02. The van der Waals surface area contributed by atoms with E-state index in [2.05, 4.69) is 25.9 Å². The number of hydrogen-bond acceptors (Lipinski definition) is 4. The SMILES string of the molecule is C.c1ccc2sc(NCCCn3ccnc3)nc2c1. The molecule has 0 saturated heterocycles. The minimum Gasteiger partial charge on any atom is -0.361 e. The number of rotatable bonds is 5. The second kappa shape index (κ2) is 6.33. The van der Waals surface area contributed by atoms with Crippen molar-refractivity contribution in [1.82, 2.24) is 14.5 Å². The molecule has 0 aliphatic carbocycles. The zero-order valence-corrected chi connectivity index (χ0v) is 10.7. The largest absolute Gasteiger partial charge is 0.361 e. The molecule has 0 aliphatic rings. The third-order valence-electron chi connectivity index (χ3n) is 2.72. The molecular formula is C14H18N4S. The fourth-order valence-electron chi connectivity index (χ4n) is 1.82. The Morgan fingerprint density at radius 3 is 2.95 bits per heavy atom. The van der Waals surface area contributed by atoms with Crippen LogP contribution < -0.4 is 5.32 Å². The Kier molecular flexibility index (Phi) is 4.52. The summed E-state index contributed by atoms with van der Waals surface area (Å²) in [4.78, 5) is 8.56. The maximum atomic E-state index is 4.54. The summed E-state index contributed by atoms with van der Waals surface area (Å²) in [5.74, 6) is 0. The molecular weight excluding hydrogens is 256 g/mol. The topological polar surface area (TPSA) is 42.7 Å². The molecule has 2 aromatic heterocycles. The number of aromatic nitrogens is 3. The van der Waals surface area contributed by atoms with Gasteiger partial charge in [-0.25, -0.2) is 9.97 Å². The maximum absolute atomic E-state index is 4.54. The van der Waals surface area contributed by atoms with E-state index in [9.17, 15) is 0 Å². The van der Waals surface area contributed by atoms with Crippen molar-refractivity contribution in [1.29, 1.82) is 0 Å². The first-order valence-electron chi connectivity index (χ1n) is 5.97. The highest BCUT2D eigenvalue weighted by Crippen LogP contribution is 2.25. The molecule has 2 heterocycles. The Balaban J connectivity index is 0.00000133. The number of benzene rings is 1. The molecule has 100 valence electrons. The molecule has 0 unspecified atom stereocenters. The van der Waals surface area contributed by atoms with E-state index in [4.69, 9.17) is 0 Å². The van der Waals surface area contributed by atoms with Crippen molar-refractivity contribution in [2.75, 3.05) is 11.9 Å². The van der Waals surface area contributed by atoms with Gasteiger partial charge in [0.15, 0.2) is 5.13 Å². The summed E-state index contributed by atoms with van der Waals surface area (Å²) >= 11 is 1.70. The number of aryl methyl sites for hydroxylation is 1. The van der Waals surface area contributed by atoms with Crippen LogP contribution in [0.1, 0.15) is 13.8 Å². The highest BCUT2D eigenvalue weighted by molar-refractivity contribution is 7.22. The number of imidazole rings is 1. The first kappa shape index (κ1) is 13.5. The summed E-state index contributed by atoms with van der Waals surface area (Å²) in [7, 11) is 0. The number of hydrogen-bond donors (Lipinski definition) is 1. The van der Waals surface area contributed by atoms with Crippen LogP contribution in [0.3, 0.4) is 0 Å². The summed E-state index contributed by atoms with van der Waals surface area (Å²) < 4.78 is 3.31. The minimum atomic E-state index is 0. The summed E-state index contributed by atoms with van der Waals surface area (Å²) in [6, 6.07) is 8.21. The minimum absolute atomic E-state index is 0. The molecule has 3 aromatic rings. The molecule has 0 saturated carbocycles. The Bertz CT molecular complexity index is 582. The van der Waals surface area contributed by atoms with Crippen LogP contribution in [-0.2, 0) is 6.54 Å². The molecule has 0 aliphatic heterocycles. The number of anilines is 1. The van der Waals surface area contributed by atoms with Crippen LogP contribution in [0, 0.1) is 0 Å². The van der Waals surface area contributed by atoms with Crippen molar-refractivity contribution in [2.24, 2.45) is 0 Å². The van der Waals surface area contributed by atoms with Crippen molar-refractivity contribution in [3.8, 4) is 0 Å². The second-order valence-electron chi connectivity index (χ2n) is 4.07. The molecule has 4 nitrogen and oxygen atoms in total. The molecule has 3 rings (SSSR count). The Morgan fingerprint density at radius 1 is 1.26 bits per heavy atom. The quantitative estimate of drug-likeness (QED) is 0.722. The number of nitrogens with zero attached hydrogens (tertiary/aromatic N) is 3. The van der Waals surface area contributed by atoms with Crippen LogP contribution in [0.4, 0.5) is 5.13 Å². The zero-order chi connectivity index (χ0) is 12.2. The van der Waals surface area contributed by atoms with Gasteiger partial charge in [0.1, 0.15) is 0 Å². The highest BCUT2D eigenvalue weighted by Gasteiger charge is 2.01. The molecule has 0 amide bonds. The van der Waals surface area contributed by atoms with Gasteiger partial charge >= 0.3 is 0 Å². The average Bonchev–Trinajstić information content (AvgIpc) is 3.03. The Labute approximate surface area is 117 Å². The smallest absolute Gasteiger partial charge is 0.183 e. The van der Waals surface area contributed by atoms with Gasteiger partial charge in [0, 0.05) is 25.5 Å². The van der Waals surface area contributed by atoms with E-state index in [1.165, 1.54) is 4.70 Å². The second-order valence-corrected chi connectivity index (χ2v) is 5.10. The van der Waals surface area contributed by atoms with E-state index in [0.29, 0.717) is 0 Å². The van der Waals surface area contributed by atoms with Gasteiger partial charge in [-0.05, 0) is 18.6 Å². The standard InChI is InChI=1S/C13H14N4S.CH4/c1-2-5-12-11(4-1)16-13(18-12)15-6-3-8-17-9-7-14-10-17;/h1-2,4-5,7,9-10H,3,6,8H2,(H,15,16);1H4. The molecule has 19 heavy (non-hydrogen) atoms. The molecule has 0 radical (unpaired) electrons. The number of para-hydroxylation sites is 1. The van der Waals surface area contributed by atoms with Crippen LogP contribution in [0.2, 0.25) is 0 Å². The van der Waals surface area contributed by atoms with Crippen LogP contribution >= 0.6 is 11.3 Å². The zero-order valence-electron chi connectivity index (χ0n) is 9.91. The van der Waals surface area contributed by atoms with Crippen LogP contribution in [0.5, 0.6) is 0 Å². The van der Waals surface area contributed by atoms with Crippen LogP contribution in [0.15, 0.2) is 43.0 Å². The third kappa shape index (κ3) is 3.32. The fraction of sp³-hybridized carbons (Fsp3) is 0.286. The molecule has 0 bridgehead atoms. The first-order valence-corrected chi connectivity index (χ1v) is 6.79. The monoisotopic (exact) mass is 274 g/mol. The van der Waals surface area contributed by atoms with Gasteiger partial charge in [-0.1, -0.05) is 30.9 Å². The van der Waals surface area contributed by atoms with E-state index in [-0.39, 0.29) is 7.43 Å². The van der Waals surface area contributed by atoms with Gasteiger partial charge in [0.25, 0.3) is 0 Å². The predicted octanol–water partition coefficient (Wildman–Crippen LogP) is 3.63.